The average molecular weight is 402 g/mol. The highest BCUT2D eigenvalue weighted by molar-refractivity contribution is 7.10. The normalized spacial score (nSPS) is 17.2. The number of aliphatic imine (C=N–C) groups is 1. The van der Waals surface area contributed by atoms with Crippen molar-refractivity contribution in [3.05, 3.63) is 46.2 Å². The molecular formula is C21H27N3O3S. The van der Waals surface area contributed by atoms with Crippen LogP contribution in [0.2, 0.25) is 0 Å². The minimum Gasteiger partial charge on any atom is -0.480 e. The Kier molecular flexibility index (Phi) is 5.65. The lowest BCUT2D eigenvalue weighted by molar-refractivity contribution is 0.0251. The molecule has 0 spiro atoms. The molecular weight excluding hydrogens is 374 g/mol. The van der Waals surface area contributed by atoms with E-state index in [2.05, 4.69) is 4.99 Å². The van der Waals surface area contributed by atoms with E-state index >= 15 is 0 Å². The predicted octanol–water partition coefficient (Wildman–Crippen LogP) is 4.86. The molecule has 150 valence electrons. The lowest BCUT2D eigenvalue weighted by atomic mass is 10.0. The van der Waals surface area contributed by atoms with Gasteiger partial charge in [0.05, 0.1) is 6.04 Å². The summed E-state index contributed by atoms with van der Waals surface area (Å²) in [6.45, 7) is 7.58. The smallest absolute Gasteiger partial charge is 0.410 e. The minimum absolute atomic E-state index is 0.198. The maximum Gasteiger partial charge on any atom is 0.410 e. The predicted molar refractivity (Wildman–Crippen MR) is 113 cm³/mol. The van der Waals surface area contributed by atoms with E-state index in [0.29, 0.717) is 17.3 Å². The van der Waals surface area contributed by atoms with Crippen LogP contribution in [0.1, 0.15) is 50.6 Å². The van der Waals surface area contributed by atoms with E-state index in [1.165, 1.54) is 0 Å². The third-order valence-electron chi connectivity index (χ3n) is 4.40. The average Bonchev–Trinajstić information content (AvgIpc) is 3.13. The van der Waals surface area contributed by atoms with Crippen LogP contribution >= 0.6 is 11.3 Å². The molecule has 2 atom stereocenters. The summed E-state index contributed by atoms with van der Waals surface area (Å²) >= 11 is 1.59. The van der Waals surface area contributed by atoms with Crippen molar-refractivity contribution in [1.29, 1.82) is 0 Å². The van der Waals surface area contributed by atoms with Crippen molar-refractivity contribution in [3.63, 3.8) is 0 Å². The van der Waals surface area contributed by atoms with Gasteiger partial charge in [0.2, 0.25) is 0 Å². The minimum atomic E-state index is -0.567. The summed E-state index contributed by atoms with van der Waals surface area (Å²) in [6.07, 6.45) is 0.181. The van der Waals surface area contributed by atoms with E-state index < -0.39 is 5.60 Å². The van der Waals surface area contributed by atoms with Crippen molar-refractivity contribution in [1.82, 2.24) is 4.90 Å². The van der Waals surface area contributed by atoms with Gasteiger partial charge in [-0.3, -0.25) is 4.90 Å². The number of amides is 1. The molecule has 2 heterocycles. The van der Waals surface area contributed by atoms with Crippen LogP contribution in [0, 0.1) is 0 Å². The molecule has 1 aromatic heterocycles. The molecule has 0 fully saturated rings. The van der Waals surface area contributed by atoms with Gasteiger partial charge in [-0.25, -0.2) is 9.79 Å². The van der Waals surface area contributed by atoms with E-state index in [9.17, 15) is 4.79 Å². The number of amidine groups is 1. The zero-order chi connectivity index (χ0) is 20.5. The van der Waals surface area contributed by atoms with Crippen molar-refractivity contribution in [2.75, 3.05) is 7.05 Å². The maximum absolute atomic E-state index is 12.7. The van der Waals surface area contributed by atoms with Crippen molar-refractivity contribution in [2.24, 2.45) is 10.7 Å². The Morgan fingerprint density at radius 1 is 1.39 bits per heavy atom. The zero-order valence-corrected chi connectivity index (χ0v) is 17.7. The first-order chi connectivity index (χ1) is 13.2. The Bertz CT molecular complexity index is 872. The van der Waals surface area contributed by atoms with Crippen LogP contribution in [-0.2, 0) is 4.74 Å². The first-order valence-electron chi connectivity index (χ1n) is 9.33. The number of nitrogens with two attached hydrogens (primary N) is 1. The second kappa shape index (κ2) is 7.83. The number of carbonyl (C=O) groups is 1. The van der Waals surface area contributed by atoms with Crippen molar-refractivity contribution < 1.29 is 14.3 Å². The molecule has 2 N–H and O–H groups in total. The second-order valence-corrected chi connectivity index (χ2v) is 8.77. The molecule has 0 bridgehead atoms. The van der Waals surface area contributed by atoms with Gasteiger partial charge >= 0.3 is 6.09 Å². The lowest BCUT2D eigenvalue weighted by Crippen LogP contribution is -2.37. The van der Waals surface area contributed by atoms with Gasteiger partial charge < -0.3 is 15.2 Å². The number of carbonyl (C=O) groups excluding carboxylic acids is 1. The maximum atomic E-state index is 12.7. The van der Waals surface area contributed by atoms with E-state index in [-0.39, 0.29) is 18.2 Å². The number of ether oxygens (including phenoxy) is 2. The fraction of sp³-hybridized carbons (Fsp3) is 0.429. The summed E-state index contributed by atoms with van der Waals surface area (Å²) in [5.41, 5.74) is 7.08. The van der Waals surface area contributed by atoms with Gasteiger partial charge in [-0.1, -0.05) is 19.1 Å². The number of benzene rings is 1. The standard InChI is InChI=1S/C21H27N3O3S/c1-6-15-19(22)23-14-12-13(9-10-16(14)26-15)18(17-8-7-11-28-17)24(5)20(25)27-21(2,3)4/h7-12,15,18H,6H2,1-5H3,(H2,22,23). The summed E-state index contributed by atoms with van der Waals surface area (Å²) in [5.74, 6) is 1.18. The summed E-state index contributed by atoms with van der Waals surface area (Å²) in [5, 5.41) is 1.99. The van der Waals surface area contributed by atoms with Gasteiger partial charge in [-0.2, -0.15) is 0 Å². The summed E-state index contributed by atoms with van der Waals surface area (Å²) in [4.78, 5) is 19.9. The monoisotopic (exact) mass is 401 g/mol. The largest absolute Gasteiger partial charge is 0.480 e. The van der Waals surface area contributed by atoms with Crippen LogP contribution in [0.15, 0.2) is 40.7 Å². The number of fused-ring (bicyclic) bond motifs is 1. The van der Waals surface area contributed by atoms with Crippen molar-refractivity contribution in [3.8, 4) is 5.75 Å². The molecule has 2 aromatic rings. The highest BCUT2D eigenvalue weighted by atomic mass is 32.1. The number of hydrogen-bond acceptors (Lipinski definition) is 6. The van der Waals surface area contributed by atoms with Gasteiger partial charge in [0.25, 0.3) is 0 Å². The van der Waals surface area contributed by atoms with Crippen molar-refractivity contribution >= 4 is 29.0 Å². The van der Waals surface area contributed by atoms with Crippen molar-refractivity contribution in [2.45, 2.75) is 51.9 Å². The Balaban J connectivity index is 1.98. The van der Waals surface area contributed by atoms with Crippen LogP contribution < -0.4 is 10.5 Å². The number of hydrogen-bond donors (Lipinski definition) is 1. The van der Waals surface area contributed by atoms with Gasteiger partial charge in [-0.15, -0.1) is 11.3 Å². The molecule has 3 rings (SSSR count). The molecule has 28 heavy (non-hydrogen) atoms. The van der Waals surface area contributed by atoms with Crippen LogP contribution in [-0.4, -0.2) is 35.6 Å². The summed E-state index contributed by atoms with van der Waals surface area (Å²) in [6, 6.07) is 9.48. The fourth-order valence-electron chi connectivity index (χ4n) is 3.07. The highest BCUT2D eigenvalue weighted by Gasteiger charge is 2.30. The third kappa shape index (κ3) is 4.30. The SMILES string of the molecule is CCC1Oc2ccc(C(c3cccs3)N(C)C(=O)OC(C)(C)C)cc2N=C1N. The van der Waals surface area contributed by atoms with Crippen LogP contribution in [0.5, 0.6) is 5.75 Å². The summed E-state index contributed by atoms with van der Waals surface area (Å²) in [7, 11) is 1.75. The van der Waals surface area contributed by atoms with Crippen LogP contribution in [0.3, 0.4) is 0 Å². The van der Waals surface area contributed by atoms with Crippen LogP contribution in [0.25, 0.3) is 0 Å². The number of rotatable bonds is 4. The Morgan fingerprint density at radius 3 is 2.75 bits per heavy atom. The molecule has 7 heteroatoms. The molecule has 0 saturated carbocycles. The van der Waals surface area contributed by atoms with E-state index in [0.717, 1.165) is 16.9 Å². The first-order valence-corrected chi connectivity index (χ1v) is 10.2. The van der Waals surface area contributed by atoms with Gasteiger partial charge in [0, 0.05) is 11.9 Å². The zero-order valence-electron chi connectivity index (χ0n) is 16.9. The quantitative estimate of drug-likeness (QED) is 0.793. The Labute approximate surface area is 170 Å². The molecule has 1 aliphatic rings. The van der Waals surface area contributed by atoms with E-state index in [4.69, 9.17) is 15.2 Å². The number of nitrogens with zero attached hydrogens (tertiary/aromatic N) is 2. The van der Waals surface area contributed by atoms with E-state index in [1.54, 1.807) is 23.3 Å². The van der Waals surface area contributed by atoms with Gasteiger partial charge in [0.1, 0.15) is 22.9 Å². The molecule has 0 saturated heterocycles. The Morgan fingerprint density at radius 2 is 2.14 bits per heavy atom. The third-order valence-corrected chi connectivity index (χ3v) is 5.32. The molecule has 1 amide bonds. The lowest BCUT2D eigenvalue weighted by Gasteiger charge is -2.31. The van der Waals surface area contributed by atoms with Gasteiger partial charge in [0.15, 0.2) is 6.10 Å². The topological polar surface area (TPSA) is 77.1 Å². The number of thiophene rings is 1. The van der Waals surface area contributed by atoms with Gasteiger partial charge in [-0.05, 0) is 56.3 Å². The second-order valence-electron chi connectivity index (χ2n) is 7.79. The molecule has 1 aromatic carbocycles. The van der Waals surface area contributed by atoms with E-state index in [1.807, 2.05) is 63.4 Å². The Hall–Kier alpha value is -2.54. The highest BCUT2D eigenvalue weighted by Crippen LogP contribution is 2.39. The molecule has 2 unspecified atom stereocenters. The fourth-order valence-corrected chi connectivity index (χ4v) is 3.97. The molecule has 6 nitrogen and oxygen atoms in total. The first kappa shape index (κ1) is 20.2. The molecule has 0 aliphatic carbocycles. The summed E-state index contributed by atoms with van der Waals surface area (Å²) < 4.78 is 11.5. The molecule has 0 radical (unpaired) electrons. The van der Waals surface area contributed by atoms with Crippen LogP contribution in [0.4, 0.5) is 10.5 Å². The molecule has 1 aliphatic heterocycles.